The van der Waals surface area contributed by atoms with Crippen LogP contribution in [-0.4, -0.2) is 30.0 Å². The fraction of sp³-hybridized carbons (Fsp3) is 0.667. The largest absolute Gasteiger partial charge is 0.332 e. The molecule has 1 heterocycles. The Bertz CT molecular complexity index is 428. The Kier molecular flexibility index (Phi) is 3.20. The summed E-state index contributed by atoms with van der Waals surface area (Å²) >= 11 is 0. The molecule has 15 heavy (non-hydrogen) atoms. The van der Waals surface area contributed by atoms with Gasteiger partial charge in [0.05, 0.1) is 23.3 Å². The van der Waals surface area contributed by atoms with Gasteiger partial charge in [-0.15, -0.1) is 0 Å². The molecule has 0 aromatic carbocycles. The van der Waals surface area contributed by atoms with Crippen molar-refractivity contribution in [2.45, 2.75) is 25.9 Å². The number of hydrogen-bond acceptors (Lipinski definition) is 4. The van der Waals surface area contributed by atoms with Crippen molar-refractivity contribution >= 4 is 9.84 Å². The van der Waals surface area contributed by atoms with Gasteiger partial charge < -0.3 is 10.3 Å². The fourth-order valence-corrected chi connectivity index (χ4v) is 1.83. The van der Waals surface area contributed by atoms with Gasteiger partial charge in [0.2, 0.25) is 0 Å². The second kappa shape index (κ2) is 3.94. The van der Waals surface area contributed by atoms with Crippen LogP contribution < -0.4 is 5.73 Å². The van der Waals surface area contributed by atoms with Crippen LogP contribution in [0.2, 0.25) is 0 Å². The Morgan fingerprint density at radius 1 is 1.53 bits per heavy atom. The van der Waals surface area contributed by atoms with Gasteiger partial charge >= 0.3 is 0 Å². The van der Waals surface area contributed by atoms with E-state index >= 15 is 0 Å². The van der Waals surface area contributed by atoms with E-state index in [4.69, 9.17) is 5.73 Å². The van der Waals surface area contributed by atoms with Gasteiger partial charge in [-0.05, 0) is 13.8 Å². The lowest BCUT2D eigenvalue weighted by Gasteiger charge is -2.20. The van der Waals surface area contributed by atoms with E-state index in [0.29, 0.717) is 6.54 Å². The Morgan fingerprint density at radius 3 is 2.60 bits per heavy atom. The van der Waals surface area contributed by atoms with E-state index in [0.717, 1.165) is 5.69 Å². The molecule has 1 aromatic rings. The summed E-state index contributed by atoms with van der Waals surface area (Å²) in [6.07, 6.45) is 4.49. The van der Waals surface area contributed by atoms with Crippen LogP contribution in [0.5, 0.6) is 0 Å². The average Bonchev–Trinajstić information content (AvgIpc) is 2.45. The highest BCUT2D eigenvalue weighted by Crippen LogP contribution is 2.15. The molecule has 0 aliphatic rings. The topological polar surface area (TPSA) is 78.0 Å². The Hall–Kier alpha value is -0.880. The van der Waals surface area contributed by atoms with Gasteiger partial charge in [0, 0.05) is 19.0 Å². The summed E-state index contributed by atoms with van der Waals surface area (Å²) in [5.41, 5.74) is 6.26. The number of aryl methyl sites for hydroxylation is 1. The Morgan fingerprint density at radius 2 is 2.13 bits per heavy atom. The fourth-order valence-electron chi connectivity index (χ4n) is 1.30. The zero-order chi connectivity index (χ0) is 11.7. The number of imidazole rings is 1. The van der Waals surface area contributed by atoms with Crippen molar-refractivity contribution in [2.75, 3.05) is 12.0 Å². The van der Waals surface area contributed by atoms with Crippen LogP contribution in [0.3, 0.4) is 0 Å². The number of aromatic nitrogens is 2. The van der Waals surface area contributed by atoms with Crippen molar-refractivity contribution in [1.82, 2.24) is 9.55 Å². The van der Waals surface area contributed by atoms with Gasteiger partial charge in [0.25, 0.3) is 0 Å². The van der Waals surface area contributed by atoms with Gasteiger partial charge in [0.1, 0.15) is 9.84 Å². The maximum atomic E-state index is 11.0. The third kappa shape index (κ3) is 3.64. The maximum absolute atomic E-state index is 11.0. The second-order valence-electron chi connectivity index (χ2n) is 4.32. The molecule has 0 amide bonds. The van der Waals surface area contributed by atoms with E-state index in [2.05, 4.69) is 4.98 Å². The van der Waals surface area contributed by atoms with Crippen LogP contribution in [0, 0.1) is 0 Å². The molecule has 0 saturated carbocycles. The van der Waals surface area contributed by atoms with Crippen molar-refractivity contribution < 1.29 is 8.42 Å². The van der Waals surface area contributed by atoms with E-state index < -0.39 is 15.4 Å². The third-order valence-electron chi connectivity index (χ3n) is 2.08. The van der Waals surface area contributed by atoms with Gasteiger partial charge in [-0.2, -0.15) is 0 Å². The van der Waals surface area contributed by atoms with Crippen LogP contribution in [0.15, 0.2) is 12.5 Å². The van der Waals surface area contributed by atoms with E-state index in [1.807, 2.05) is 13.8 Å². The standard InChI is InChI=1S/C9H17N3O2S/c1-9(2,10)8-6-11-7-12(8)4-5-15(3,13)14/h6-7H,4-5,10H2,1-3H3. The molecule has 5 nitrogen and oxygen atoms in total. The average molecular weight is 231 g/mol. The highest BCUT2D eigenvalue weighted by molar-refractivity contribution is 7.90. The number of sulfone groups is 1. The summed E-state index contributed by atoms with van der Waals surface area (Å²) in [6, 6.07) is 0. The zero-order valence-electron chi connectivity index (χ0n) is 9.27. The molecule has 0 spiro atoms. The molecule has 0 aliphatic heterocycles. The number of nitrogens with two attached hydrogens (primary N) is 1. The summed E-state index contributed by atoms with van der Waals surface area (Å²) in [5, 5.41) is 0. The first-order chi connectivity index (χ1) is 6.70. The van der Waals surface area contributed by atoms with E-state index in [9.17, 15) is 8.42 Å². The SMILES string of the molecule is CC(C)(N)c1cncn1CCS(C)(=O)=O. The van der Waals surface area contributed by atoms with Crippen LogP contribution in [0.25, 0.3) is 0 Å². The minimum atomic E-state index is -2.95. The maximum Gasteiger partial charge on any atom is 0.149 e. The molecule has 0 bridgehead atoms. The summed E-state index contributed by atoms with van der Waals surface area (Å²) < 4.78 is 23.8. The molecule has 86 valence electrons. The predicted octanol–water partition coefficient (Wildman–Crippen LogP) is 0.121. The lowest BCUT2D eigenvalue weighted by Crippen LogP contribution is -2.32. The van der Waals surface area contributed by atoms with Gasteiger partial charge in [-0.1, -0.05) is 0 Å². The molecule has 0 radical (unpaired) electrons. The van der Waals surface area contributed by atoms with Gasteiger partial charge in [0.15, 0.2) is 0 Å². The van der Waals surface area contributed by atoms with Gasteiger partial charge in [-0.3, -0.25) is 0 Å². The molecule has 1 rings (SSSR count). The Balaban J connectivity index is 2.84. The summed E-state index contributed by atoms with van der Waals surface area (Å²) in [5.74, 6) is 0.104. The molecule has 0 aliphatic carbocycles. The van der Waals surface area contributed by atoms with Crippen LogP contribution in [0.1, 0.15) is 19.5 Å². The van der Waals surface area contributed by atoms with Crippen molar-refractivity contribution in [3.8, 4) is 0 Å². The second-order valence-corrected chi connectivity index (χ2v) is 6.58. The minimum Gasteiger partial charge on any atom is -0.332 e. The van der Waals surface area contributed by atoms with E-state index in [1.165, 1.54) is 6.26 Å². The summed E-state index contributed by atoms with van der Waals surface area (Å²) in [4.78, 5) is 3.98. The minimum absolute atomic E-state index is 0.104. The Labute approximate surface area is 90.2 Å². The zero-order valence-corrected chi connectivity index (χ0v) is 10.1. The van der Waals surface area contributed by atoms with Crippen molar-refractivity contribution in [3.05, 3.63) is 18.2 Å². The summed E-state index contributed by atoms with van der Waals surface area (Å²) in [7, 11) is -2.95. The molecule has 0 atom stereocenters. The highest BCUT2D eigenvalue weighted by atomic mass is 32.2. The van der Waals surface area contributed by atoms with Crippen LogP contribution >= 0.6 is 0 Å². The van der Waals surface area contributed by atoms with Crippen molar-refractivity contribution in [3.63, 3.8) is 0 Å². The number of rotatable bonds is 4. The quantitative estimate of drug-likeness (QED) is 0.798. The van der Waals surface area contributed by atoms with Crippen LogP contribution in [0.4, 0.5) is 0 Å². The lowest BCUT2D eigenvalue weighted by molar-refractivity contribution is 0.498. The molecule has 0 saturated heterocycles. The molecular weight excluding hydrogens is 214 g/mol. The van der Waals surface area contributed by atoms with E-state index in [-0.39, 0.29) is 5.75 Å². The van der Waals surface area contributed by atoms with Crippen molar-refractivity contribution in [1.29, 1.82) is 0 Å². The molecule has 0 fully saturated rings. The first kappa shape index (κ1) is 12.2. The van der Waals surface area contributed by atoms with Crippen molar-refractivity contribution in [2.24, 2.45) is 5.73 Å². The number of hydrogen-bond donors (Lipinski definition) is 1. The number of nitrogens with zero attached hydrogens (tertiary/aromatic N) is 2. The lowest BCUT2D eigenvalue weighted by atomic mass is 10.0. The normalized spacial score (nSPS) is 13.1. The van der Waals surface area contributed by atoms with Gasteiger partial charge in [-0.25, -0.2) is 13.4 Å². The van der Waals surface area contributed by atoms with E-state index in [1.54, 1.807) is 17.1 Å². The van der Waals surface area contributed by atoms with Crippen LogP contribution in [-0.2, 0) is 21.9 Å². The molecule has 0 unspecified atom stereocenters. The third-order valence-corrected chi connectivity index (χ3v) is 3.00. The first-order valence-electron chi connectivity index (χ1n) is 4.67. The smallest absolute Gasteiger partial charge is 0.149 e. The predicted molar refractivity (Wildman–Crippen MR) is 59.2 cm³/mol. The summed E-state index contributed by atoms with van der Waals surface area (Å²) in [6.45, 7) is 4.12. The molecule has 6 heteroatoms. The molecular formula is C9H17N3O2S. The monoisotopic (exact) mass is 231 g/mol. The highest BCUT2D eigenvalue weighted by Gasteiger charge is 2.19. The molecule has 1 aromatic heterocycles. The first-order valence-corrected chi connectivity index (χ1v) is 6.73. The molecule has 2 N–H and O–H groups in total.